The first-order chi connectivity index (χ1) is 12.4. The van der Waals surface area contributed by atoms with Gasteiger partial charge in [0, 0.05) is 5.56 Å². The van der Waals surface area contributed by atoms with Crippen LogP contribution in [0.3, 0.4) is 0 Å². The maximum Gasteiger partial charge on any atom is 0.325 e. The van der Waals surface area contributed by atoms with Gasteiger partial charge in [0.25, 0.3) is 5.91 Å². The lowest BCUT2D eigenvalue weighted by Crippen LogP contribution is -2.47. The van der Waals surface area contributed by atoms with E-state index in [0.717, 1.165) is 41.7 Å². The van der Waals surface area contributed by atoms with Crippen LogP contribution < -0.4 is 5.32 Å². The van der Waals surface area contributed by atoms with E-state index in [2.05, 4.69) is 5.32 Å². The number of hydrogen-bond donors (Lipinski definition) is 1. The minimum Gasteiger partial charge on any atom is -0.323 e. The van der Waals surface area contributed by atoms with E-state index in [1.165, 1.54) is 0 Å². The van der Waals surface area contributed by atoms with Crippen molar-refractivity contribution in [3.8, 4) is 0 Å². The highest BCUT2D eigenvalue weighted by atomic mass is 16.2. The maximum atomic E-state index is 13.0. The Hall–Kier alpha value is -2.17. The van der Waals surface area contributed by atoms with Crippen molar-refractivity contribution in [2.24, 2.45) is 0 Å². The fourth-order valence-corrected chi connectivity index (χ4v) is 3.78. The first-order valence-corrected chi connectivity index (χ1v) is 9.71. The Bertz CT molecular complexity index is 690. The average Bonchev–Trinajstić information content (AvgIpc) is 2.86. The highest BCUT2D eigenvalue weighted by molar-refractivity contribution is 6.11. The highest BCUT2D eigenvalue weighted by Crippen LogP contribution is 2.28. The number of Topliss-reactive ketones (excluding diaryl/α,β-unsaturated/α-hetero) is 1. The van der Waals surface area contributed by atoms with E-state index in [9.17, 15) is 14.4 Å². The summed E-state index contributed by atoms with van der Waals surface area (Å²) in [6.07, 6.45) is 4.37. The summed E-state index contributed by atoms with van der Waals surface area (Å²) in [5.41, 5.74) is 1.80. The molecule has 1 aromatic rings. The molecule has 1 saturated heterocycles. The molecular weight excluding hydrogens is 328 g/mol. The van der Waals surface area contributed by atoms with Gasteiger partial charge in [0.1, 0.15) is 5.54 Å². The van der Waals surface area contributed by atoms with Crippen LogP contribution in [-0.4, -0.2) is 34.7 Å². The number of carbonyl (C=O) groups excluding carboxylic acids is 3. The van der Waals surface area contributed by atoms with Gasteiger partial charge in [0.05, 0.1) is 6.54 Å². The SMILES string of the molecule is CCCC1(CCC)NC(=O)N(CC(=O)c2cc(CC)ccc2CC)C1=O. The van der Waals surface area contributed by atoms with Gasteiger partial charge in [-0.15, -0.1) is 0 Å². The molecular formula is C21H30N2O3. The Balaban J connectivity index is 2.26. The largest absolute Gasteiger partial charge is 0.325 e. The van der Waals surface area contributed by atoms with Gasteiger partial charge in [0.2, 0.25) is 0 Å². The predicted molar refractivity (Wildman–Crippen MR) is 102 cm³/mol. The van der Waals surface area contributed by atoms with Gasteiger partial charge in [-0.25, -0.2) is 4.79 Å². The third kappa shape index (κ3) is 3.81. The highest BCUT2D eigenvalue weighted by Gasteiger charge is 2.50. The van der Waals surface area contributed by atoms with Gasteiger partial charge in [-0.2, -0.15) is 0 Å². The molecule has 0 unspecified atom stereocenters. The number of urea groups is 1. The van der Waals surface area contributed by atoms with E-state index in [1.807, 2.05) is 45.9 Å². The molecule has 5 heteroatoms. The number of amides is 3. The minimum absolute atomic E-state index is 0.176. The molecule has 2 rings (SSSR count). The number of hydrogen-bond acceptors (Lipinski definition) is 3. The summed E-state index contributed by atoms with van der Waals surface area (Å²) >= 11 is 0. The van der Waals surface area contributed by atoms with E-state index in [-0.39, 0.29) is 18.2 Å². The molecule has 1 aliphatic heterocycles. The molecule has 1 heterocycles. The Labute approximate surface area is 156 Å². The van der Waals surface area contributed by atoms with Crippen LogP contribution in [0.4, 0.5) is 4.79 Å². The second-order valence-corrected chi connectivity index (χ2v) is 7.03. The number of nitrogens with one attached hydrogen (secondary N) is 1. The number of aryl methyl sites for hydroxylation is 2. The fraction of sp³-hybridized carbons (Fsp3) is 0.571. The van der Waals surface area contributed by atoms with Crippen molar-refractivity contribution in [1.82, 2.24) is 10.2 Å². The molecule has 1 aromatic carbocycles. The summed E-state index contributed by atoms with van der Waals surface area (Å²) in [7, 11) is 0. The lowest BCUT2D eigenvalue weighted by atomic mass is 9.88. The molecule has 0 aromatic heterocycles. The molecule has 0 aliphatic carbocycles. The van der Waals surface area contributed by atoms with Crippen molar-refractivity contribution in [3.05, 3.63) is 34.9 Å². The molecule has 0 spiro atoms. The molecule has 3 amide bonds. The van der Waals surface area contributed by atoms with E-state index in [1.54, 1.807) is 0 Å². The van der Waals surface area contributed by atoms with Gasteiger partial charge < -0.3 is 5.32 Å². The normalized spacial score (nSPS) is 16.1. The topological polar surface area (TPSA) is 66.5 Å². The second kappa shape index (κ2) is 8.47. The molecule has 0 atom stereocenters. The van der Waals surface area contributed by atoms with Crippen molar-refractivity contribution < 1.29 is 14.4 Å². The van der Waals surface area contributed by atoms with Crippen LogP contribution in [-0.2, 0) is 17.6 Å². The van der Waals surface area contributed by atoms with Crippen molar-refractivity contribution in [2.75, 3.05) is 6.54 Å². The number of carbonyl (C=O) groups is 3. The van der Waals surface area contributed by atoms with E-state index >= 15 is 0 Å². The Morgan fingerprint density at radius 3 is 2.23 bits per heavy atom. The number of ketones is 1. The molecule has 1 fully saturated rings. The van der Waals surface area contributed by atoms with E-state index < -0.39 is 11.6 Å². The standard InChI is InChI=1S/C21H30N2O3/c1-5-11-21(12-6-2)19(25)23(20(26)22-21)14-18(24)17-13-15(7-3)9-10-16(17)8-4/h9-10,13H,5-8,11-12,14H2,1-4H3,(H,22,26). The minimum atomic E-state index is -0.848. The monoisotopic (exact) mass is 358 g/mol. The molecule has 1 aliphatic rings. The Morgan fingerprint density at radius 1 is 1.04 bits per heavy atom. The first-order valence-electron chi connectivity index (χ1n) is 9.71. The van der Waals surface area contributed by atoms with Crippen LogP contribution in [0, 0.1) is 0 Å². The average molecular weight is 358 g/mol. The van der Waals surface area contributed by atoms with Crippen LogP contribution >= 0.6 is 0 Å². The lowest BCUT2D eigenvalue weighted by molar-refractivity contribution is -0.131. The van der Waals surface area contributed by atoms with Crippen molar-refractivity contribution in [3.63, 3.8) is 0 Å². The van der Waals surface area contributed by atoms with Gasteiger partial charge in [-0.1, -0.05) is 52.7 Å². The quantitative estimate of drug-likeness (QED) is 0.538. The summed E-state index contributed by atoms with van der Waals surface area (Å²) in [6, 6.07) is 5.44. The second-order valence-electron chi connectivity index (χ2n) is 7.03. The summed E-state index contributed by atoms with van der Waals surface area (Å²) in [6.45, 7) is 7.83. The fourth-order valence-electron chi connectivity index (χ4n) is 3.78. The molecule has 26 heavy (non-hydrogen) atoms. The maximum absolute atomic E-state index is 13.0. The van der Waals surface area contributed by atoms with E-state index in [4.69, 9.17) is 0 Å². The summed E-state index contributed by atoms with van der Waals surface area (Å²) in [4.78, 5) is 39.4. The first kappa shape index (κ1) is 20.1. The smallest absolute Gasteiger partial charge is 0.323 e. The van der Waals surface area contributed by atoms with Crippen LogP contribution in [0.1, 0.15) is 74.9 Å². The molecule has 1 N–H and O–H groups in total. The lowest BCUT2D eigenvalue weighted by Gasteiger charge is -2.25. The van der Waals surface area contributed by atoms with Gasteiger partial charge >= 0.3 is 6.03 Å². The number of nitrogens with zero attached hydrogens (tertiary/aromatic N) is 1. The number of imide groups is 1. The van der Waals surface area contributed by atoms with Crippen molar-refractivity contribution in [1.29, 1.82) is 0 Å². The van der Waals surface area contributed by atoms with Gasteiger partial charge in [0.15, 0.2) is 5.78 Å². The third-order valence-electron chi connectivity index (χ3n) is 5.17. The Morgan fingerprint density at radius 2 is 1.69 bits per heavy atom. The Kier molecular flexibility index (Phi) is 6.57. The number of benzene rings is 1. The van der Waals surface area contributed by atoms with Gasteiger partial charge in [-0.3, -0.25) is 14.5 Å². The molecule has 0 saturated carbocycles. The summed E-state index contributed by atoms with van der Waals surface area (Å²) in [5, 5.41) is 2.86. The van der Waals surface area contributed by atoms with E-state index in [0.29, 0.717) is 18.4 Å². The van der Waals surface area contributed by atoms with Crippen LogP contribution in [0.15, 0.2) is 18.2 Å². The van der Waals surface area contributed by atoms with Crippen molar-refractivity contribution >= 4 is 17.7 Å². The molecule has 5 nitrogen and oxygen atoms in total. The van der Waals surface area contributed by atoms with Crippen LogP contribution in [0.25, 0.3) is 0 Å². The summed E-state index contributed by atoms with van der Waals surface area (Å²) in [5.74, 6) is -0.436. The zero-order valence-electron chi connectivity index (χ0n) is 16.4. The van der Waals surface area contributed by atoms with Crippen LogP contribution in [0.2, 0.25) is 0 Å². The zero-order chi connectivity index (χ0) is 19.3. The zero-order valence-corrected chi connectivity index (χ0v) is 16.4. The molecule has 0 radical (unpaired) electrons. The molecule has 0 bridgehead atoms. The predicted octanol–water partition coefficient (Wildman–Crippen LogP) is 3.88. The molecule has 142 valence electrons. The summed E-state index contributed by atoms with van der Waals surface area (Å²) < 4.78 is 0. The third-order valence-corrected chi connectivity index (χ3v) is 5.17. The van der Waals surface area contributed by atoms with Crippen LogP contribution in [0.5, 0.6) is 0 Å². The number of rotatable bonds is 9. The van der Waals surface area contributed by atoms with Gasteiger partial charge in [-0.05, 0) is 42.9 Å². The van der Waals surface area contributed by atoms with Crippen molar-refractivity contribution in [2.45, 2.75) is 71.8 Å².